The minimum atomic E-state index is -0.0689. The third-order valence-electron chi connectivity index (χ3n) is 4.52. The SMILES string of the molecule is CCc1cnc(C(C)Sc2cnc(NC(=O)Cc3cccc4ccccc34)s2)o1. The number of benzene rings is 2. The van der Waals surface area contributed by atoms with Gasteiger partial charge in [-0.25, -0.2) is 9.97 Å². The van der Waals surface area contributed by atoms with E-state index in [1.165, 1.54) is 11.3 Å². The number of aryl methyl sites for hydroxylation is 1. The van der Waals surface area contributed by atoms with Crippen molar-refractivity contribution in [1.82, 2.24) is 9.97 Å². The van der Waals surface area contributed by atoms with E-state index in [1.54, 1.807) is 24.2 Å². The number of thiazole rings is 1. The van der Waals surface area contributed by atoms with Crippen molar-refractivity contribution in [1.29, 1.82) is 0 Å². The third kappa shape index (κ3) is 4.68. The smallest absolute Gasteiger partial charge is 0.230 e. The number of amides is 1. The highest BCUT2D eigenvalue weighted by atomic mass is 32.2. The molecule has 0 aliphatic heterocycles. The number of nitrogens with one attached hydrogen (secondary N) is 1. The molecule has 2 aromatic heterocycles. The Kier molecular flexibility index (Phi) is 5.97. The molecule has 0 radical (unpaired) electrons. The summed E-state index contributed by atoms with van der Waals surface area (Å²) in [7, 11) is 0. The van der Waals surface area contributed by atoms with E-state index >= 15 is 0 Å². The van der Waals surface area contributed by atoms with Crippen LogP contribution < -0.4 is 5.32 Å². The lowest BCUT2D eigenvalue weighted by molar-refractivity contribution is -0.115. The van der Waals surface area contributed by atoms with Gasteiger partial charge in [0, 0.05) is 6.42 Å². The molecule has 148 valence electrons. The van der Waals surface area contributed by atoms with Crippen molar-refractivity contribution in [2.24, 2.45) is 0 Å². The Bertz CT molecular complexity index is 1130. The highest BCUT2D eigenvalue weighted by Gasteiger charge is 2.16. The maximum absolute atomic E-state index is 12.5. The average Bonchev–Trinajstić information content (AvgIpc) is 3.38. The molecule has 0 saturated carbocycles. The molecule has 4 aromatic rings. The van der Waals surface area contributed by atoms with Crippen molar-refractivity contribution in [3.63, 3.8) is 0 Å². The average molecular weight is 424 g/mol. The first-order valence-corrected chi connectivity index (χ1v) is 11.2. The number of carbonyl (C=O) groups is 1. The zero-order valence-corrected chi connectivity index (χ0v) is 17.8. The molecule has 1 amide bonds. The molecule has 0 saturated heterocycles. The van der Waals surface area contributed by atoms with E-state index in [9.17, 15) is 4.79 Å². The zero-order valence-electron chi connectivity index (χ0n) is 16.2. The summed E-state index contributed by atoms with van der Waals surface area (Å²) in [6, 6.07) is 14.1. The second-order valence-corrected chi connectivity index (χ2v) is 9.30. The van der Waals surface area contributed by atoms with Crippen LogP contribution in [-0.4, -0.2) is 15.9 Å². The Morgan fingerprint density at radius 2 is 2.00 bits per heavy atom. The van der Waals surface area contributed by atoms with Gasteiger partial charge in [0.2, 0.25) is 11.8 Å². The summed E-state index contributed by atoms with van der Waals surface area (Å²) >= 11 is 3.08. The van der Waals surface area contributed by atoms with Gasteiger partial charge in [0.05, 0.1) is 28.3 Å². The van der Waals surface area contributed by atoms with Crippen molar-refractivity contribution in [2.75, 3.05) is 5.32 Å². The van der Waals surface area contributed by atoms with E-state index in [-0.39, 0.29) is 11.2 Å². The van der Waals surface area contributed by atoms with Crippen LogP contribution in [0.3, 0.4) is 0 Å². The lowest BCUT2D eigenvalue weighted by Crippen LogP contribution is -2.14. The number of carbonyl (C=O) groups excluding carboxylic acids is 1. The Labute approximate surface area is 177 Å². The van der Waals surface area contributed by atoms with Gasteiger partial charge in [-0.15, -0.1) is 11.8 Å². The molecular weight excluding hydrogens is 402 g/mol. The number of oxazole rings is 1. The summed E-state index contributed by atoms with van der Waals surface area (Å²) in [4.78, 5) is 21.2. The van der Waals surface area contributed by atoms with Crippen molar-refractivity contribution in [3.05, 3.63) is 72.1 Å². The number of thioether (sulfide) groups is 1. The molecule has 0 aliphatic rings. The predicted molar refractivity (Wildman–Crippen MR) is 119 cm³/mol. The van der Waals surface area contributed by atoms with Gasteiger partial charge >= 0.3 is 0 Å². The van der Waals surface area contributed by atoms with Crippen molar-refractivity contribution in [3.8, 4) is 0 Å². The number of hydrogen-bond acceptors (Lipinski definition) is 6. The fraction of sp³-hybridized carbons (Fsp3) is 0.227. The molecule has 4 rings (SSSR count). The van der Waals surface area contributed by atoms with Gasteiger partial charge < -0.3 is 9.73 Å². The lowest BCUT2D eigenvalue weighted by Gasteiger charge is -2.06. The monoisotopic (exact) mass is 423 g/mol. The second kappa shape index (κ2) is 8.80. The fourth-order valence-electron chi connectivity index (χ4n) is 3.05. The lowest BCUT2D eigenvalue weighted by atomic mass is 10.0. The fourth-order valence-corrected chi connectivity index (χ4v) is 5.15. The van der Waals surface area contributed by atoms with Crippen molar-refractivity contribution >= 4 is 44.9 Å². The van der Waals surface area contributed by atoms with Crippen LogP contribution in [-0.2, 0) is 17.6 Å². The molecule has 0 spiro atoms. The molecule has 0 aliphatic carbocycles. The summed E-state index contributed by atoms with van der Waals surface area (Å²) in [5.74, 6) is 1.53. The van der Waals surface area contributed by atoms with Gasteiger partial charge in [-0.1, -0.05) is 60.7 Å². The Balaban J connectivity index is 1.39. The van der Waals surface area contributed by atoms with E-state index in [0.717, 1.165) is 32.7 Å². The van der Waals surface area contributed by atoms with Crippen molar-refractivity contribution < 1.29 is 9.21 Å². The Morgan fingerprint density at radius 3 is 2.83 bits per heavy atom. The molecule has 2 aromatic carbocycles. The molecule has 7 heteroatoms. The topological polar surface area (TPSA) is 68.0 Å². The van der Waals surface area contributed by atoms with Gasteiger partial charge in [0.15, 0.2) is 5.13 Å². The number of hydrogen-bond donors (Lipinski definition) is 1. The van der Waals surface area contributed by atoms with Gasteiger partial charge in [-0.2, -0.15) is 0 Å². The van der Waals surface area contributed by atoms with Crippen LogP contribution in [0.25, 0.3) is 10.8 Å². The van der Waals surface area contributed by atoms with Crippen LogP contribution in [0.5, 0.6) is 0 Å². The molecule has 5 nitrogen and oxygen atoms in total. The number of fused-ring (bicyclic) bond motifs is 1. The second-order valence-electron chi connectivity index (χ2n) is 6.63. The summed E-state index contributed by atoms with van der Waals surface area (Å²) in [5, 5.41) is 5.84. The standard InChI is InChI=1S/C22H21N3O2S2/c1-3-17-12-23-21(27-17)14(2)28-20-13-24-22(29-20)25-19(26)11-16-9-6-8-15-7-4-5-10-18(15)16/h4-10,12-14H,3,11H2,1-2H3,(H,24,25,26). The van der Waals surface area contributed by atoms with Crippen molar-refractivity contribution in [2.45, 2.75) is 36.1 Å². The van der Waals surface area contributed by atoms with Crippen LogP contribution >= 0.6 is 23.1 Å². The van der Waals surface area contributed by atoms with Crippen LogP contribution in [0.1, 0.15) is 36.3 Å². The van der Waals surface area contributed by atoms with Crippen LogP contribution in [0.2, 0.25) is 0 Å². The highest BCUT2D eigenvalue weighted by Crippen LogP contribution is 2.38. The molecular formula is C22H21N3O2S2. The number of rotatable bonds is 7. The summed E-state index contributed by atoms with van der Waals surface area (Å²) in [6.07, 6.45) is 4.70. The first-order valence-electron chi connectivity index (χ1n) is 9.46. The van der Waals surface area contributed by atoms with E-state index in [1.807, 2.05) is 37.3 Å². The quantitative estimate of drug-likeness (QED) is 0.376. The molecule has 1 N–H and O–H groups in total. The number of nitrogens with zero attached hydrogens (tertiary/aromatic N) is 2. The number of anilines is 1. The van der Waals surface area contributed by atoms with Gasteiger partial charge in [-0.3, -0.25) is 4.79 Å². The summed E-state index contributed by atoms with van der Waals surface area (Å²) < 4.78 is 6.73. The maximum atomic E-state index is 12.5. The Hall–Kier alpha value is -2.64. The molecule has 0 fully saturated rings. The summed E-state index contributed by atoms with van der Waals surface area (Å²) in [6.45, 7) is 4.09. The van der Waals surface area contributed by atoms with E-state index in [2.05, 4.69) is 34.3 Å². The first-order chi connectivity index (χ1) is 14.1. The zero-order chi connectivity index (χ0) is 20.2. The van der Waals surface area contributed by atoms with Crippen LogP contribution in [0, 0.1) is 0 Å². The molecule has 1 atom stereocenters. The molecule has 1 unspecified atom stereocenters. The van der Waals surface area contributed by atoms with E-state index in [4.69, 9.17) is 4.42 Å². The van der Waals surface area contributed by atoms with Crippen LogP contribution in [0.4, 0.5) is 5.13 Å². The first kappa shape index (κ1) is 19.7. The molecule has 0 bridgehead atoms. The van der Waals surface area contributed by atoms with Gasteiger partial charge in [0.25, 0.3) is 0 Å². The van der Waals surface area contributed by atoms with Crippen LogP contribution in [0.15, 0.2) is 63.5 Å². The molecule has 29 heavy (non-hydrogen) atoms. The highest BCUT2D eigenvalue weighted by molar-refractivity contribution is 8.01. The van der Waals surface area contributed by atoms with E-state index < -0.39 is 0 Å². The number of aromatic nitrogens is 2. The predicted octanol–water partition coefficient (Wildman–Crippen LogP) is 5.88. The minimum Gasteiger partial charge on any atom is -0.445 e. The largest absolute Gasteiger partial charge is 0.445 e. The van der Waals surface area contributed by atoms with E-state index in [0.29, 0.717) is 17.4 Å². The third-order valence-corrected chi connectivity index (χ3v) is 6.66. The maximum Gasteiger partial charge on any atom is 0.230 e. The Morgan fingerprint density at radius 1 is 1.17 bits per heavy atom. The summed E-state index contributed by atoms with van der Waals surface area (Å²) in [5.41, 5.74) is 1.01. The normalized spacial score (nSPS) is 12.2. The van der Waals surface area contributed by atoms with Gasteiger partial charge in [-0.05, 0) is 23.3 Å². The minimum absolute atomic E-state index is 0.0689. The van der Waals surface area contributed by atoms with Gasteiger partial charge in [0.1, 0.15) is 5.76 Å². The molecule has 2 heterocycles.